The van der Waals surface area contributed by atoms with Crippen LogP contribution in [0.4, 0.5) is 13.2 Å². The molecule has 0 saturated heterocycles. The Hall–Kier alpha value is -1.23. The molecule has 0 amide bonds. The van der Waals surface area contributed by atoms with Gasteiger partial charge >= 0.3 is 6.18 Å². The second kappa shape index (κ2) is 6.49. The Bertz CT molecular complexity index is 339. The molecule has 1 N–H and O–H groups in total. The van der Waals surface area contributed by atoms with Gasteiger partial charge in [0.25, 0.3) is 0 Å². The minimum atomic E-state index is -4.16. The molecule has 1 aromatic carbocycles. The standard InChI is InChI=1S/C12H16F3NO/c1-2-10-4-3-5-11(8-10)17-7-6-16-9-12(13,14)15/h3-5,8,16H,2,6-7,9H2,1H3. The topological polar surface area (TPSA) is 21.3 Å². The molecule has 0 atom stereocenters. The van der Waals surface area contributed by atoms with E-state index in [0.717, 1.165) is 12.0 Å². The largest absolute Gasteiger partial charge is 0.492 e. The van der Waals surface area contributed by atoms with E-state index in [-0.39, 0.29) is 13.2 Å². The number of halogens is 3. The summed E-state index contributed by atoms with van der Waals surface area (Å²) in [6.45, 7) is 1.45. The maximum atomic E-state index is 11.8. The fraction of sp³-hybridized carbons (Fsp3) is 0.500. The molecule has 0 aliphatic rings. The Morgan fingerprint density at radius 2 is 2.06 bits per heavy atom. The van der Waals surface area contributed by atoms with Gasteiger partial charge in [0.15, 0.2) is 0 Å². The molecule has 0 aromatic heterocycles. The summed E-state index contributed by atoms with van der Waals surface area (Å²) in [7, 11) is 0. The van der Waals surface area contributed by atoms with E-state index in [1.165, 1.54) is 0 Å². The highest BCUT2D eigenvalue weighted by atomic mass is 19.4. The van der Waals surface area contributed by atoms with Gasteiger partial charge in [0, 0.05) is 6.54 Å². The van der Waals surface area contributed by atoms with Crippen molar-refractivity contribution in [1.82, 2.24) is 5.32 Å². The summed E-state index contributed by atoms with van der Waals surface area (Å²) in [5, 5.41) is 2.27. The summed E-state index contributed by atoms with van der Waals surface area (Å²) in [6, 6.07) is 7.54. The lowest BCUT2D eigenvalue weighted by molar-refractivity contribution is -0.124. The maximum Gasteiger partial charge on any atom is 0.401 e. The van der Waals surface area contributed by atoms with Gasteiger partial charge in [-0.2, -0.15) is 13.2 Å². The SMILES string of the molecule is CCc1cccc(OCCNCC(F)(F)F)c1. The molecule has 0 spiro atoms. The molecule has 0 heterocycles. The fourth-order valence-electron chi connectivity index (χ4n) is 1.33. The van der Waals surface area contributed by atoms with E-state index in [0.29, 0.717) is 5.75 Å². The summed E-state index contributed by atoms with van der Waals surface area (Å²) in [5.41, 5.74) is 1.14. The van der Waals surface area contributed by atoms with Crippen molar-refractivity contribution in [3.63, 3.8) is 0 Å². The minimum absolute atomic E-state index is 0.176. The van der Waals surface area contributed by atoms with Gasteiger partial charge in [-0.3, -0.25) is 0 Å². The van der Waals surface area contributed by atoms with Crippen LogP contribution in [0.3, 0.4) is 0 Å². The van der Waals surface area contributed by atoms with Crippen molar-refractivity contribution in [3.05, 3.63) is 29.8 Å². The first kappa shape index (κ1) is 13.8. The second-order valence-corrected chi connectivity index (χ2v) is 3.64. The average molecular weight is 247 g/mol. The van der Waals surface area contributed by atoms with Gasteiger partial charge in [-0.25, -0.2) is 0 Å². The number of hydrogen-bond acceptors (Lipinski definition) is 2. The predicted octanol–water partition coefficient (Wildman–Crippen LogP) is 2.78. The molecule has 0 saturated carbocycles. The molecule has 0 aliphatic carbocycles. The van der Waals surface area contributed by atoms with Crippen LogP contribution in [0, 0.1) is 0 Å². The minimum Gasteiger partial charge on any atom is -0.492 e. The van der Waals surface area contributed by atoms with Crippen molar-refractivity contribution in [3.8, 4) is 5.75 Å². The van der Waals surface area contributed by atoms with Gasteiger partial charge in [0.2, 0.25) is 0 Å². The van der Waals surface area contributed by atoms with E-state index < -0.39 is 12.7 Å². The van der Waals surface area contributed by atoms with Crippen molar-refractivity contribution in [2.24, 2.45) is 0 Å². The zero-order chi connectivity index (χ0) is 12.7. The van der Waals surface area contributed by atoms with Crippen molar-refractivity contribution >= 4 is 0 Å². The van der Waals surface area contributed by atoms with Gasteiger partial charge in [0.1, 0.15) is 12.4 Å². The summed E-state index contributed by atoms with van der Waals surface area (Å²) >= 11 is 0. The smallest absolute Gasteiger partial charge is 0.401 e. The Morgan fingerprint density at radius 1 is 1.29 bits per heavy atom. The highest BCUT2D eigenvalue weighted by Gasteiger charge is 2.25. The number of aryl methyl sites for hydroxylation is 1. The molecule has 0 aliphatic heterocycles. The molecule has 0 fully saturated rings. The fourth-order valence-corrected chi connectivity index (χ4v) is 1.33. The lowest BCUT2D eigenvalue weighted by Gasteiger charge is -2.10. The summed E-state index contributed by atoms with van der Waals surface area (Å²) in [5.74, 6) is 0.693. The zero-order valence-corrected chi connectivity index (χ0v) is 9.68. The first-order chi connectivity index (χ1) is 8.01. The zero-order valence-electron chi connectivity index (χ0n) is 9.68. The summed E-state index contributed by atoms with van der Waals surface area (Å²) in [6.07, 6.45) is -3.26. The monoisotopic (exact) mass is 247 g/mol. The Morgan fingerprint density at radius 3 is 2.71 bits per heavy atom. The first-order valence-corrected chi connectivity index (χ1v) is 5.50. The lowest BCUT2D eigenvalue weighted by atomic mass is 10.2. The third-order valence-corrected chi connectivity index (χ3v) is 2.18. The highest BCUT2D eigenvalue weighted by Crippen LogP contribution is 2.14. The molecular formula is C12H16F3NO. The van der Waals surface area contributed by atoms with Crippen molar-refractivity contribution in [1.29, 1.82) is 0 Å². The van der Waals surface area contributed by atoms with Crippen LogP contribution < -0.4 is 10.1 Å². The maximum absolute atomic E-state index is 11.8. The molecular weight excluding hydrogens is 231 g/mol. The van der Waals surface area contributed by atoms with E-state index in [1.54, 1.807) is 6.07 Å². The number of rotatable bonds is 6. The van der Waals surface area contributed by atoms with E-state index in [9.17, 15) is 13.2 Å². The van der Waals surface area contributed by atoms with E-state index in [1.807, 2.05) is 25.1 Å². The third-order valence-electron chi connectivity index (χ3n) is 2.18. The highest BCUT2D eigenvalue weighted by molar-refractivity contribution is 5.28. The predicted molar refractivity (Wildman–Crippen MR) is 60.2 cm³/mol. The molecule has 17 heavy (non-hydrogen) atoms. The number of hydrogen-bond donors (Lipinski definition) is 1. The van der Waals surface area contributed by atoms with Crippen molar-refractivity contribution in [2.75, 3.05) is 19.7 Å². The normalized spacial score (nSPS) is 11.5. The summed E-state index contributed by atoms with van der Waals surface area (Å²) < 4.78 is 40.7. The second-order valence-electron chi connectivity index (χ2n) is 3.64. The van der Waals surface area contributed by atoms with Gasteiger partial charge in [0.05, 0.1) is 6.54 Å². The number of ether oxygens (including phenoxy) is 1. The molecule has 1 rings (SSSR count). The van der Waals surface area contributed by atoms with E-state index >= 15 is 0 Å². The van der Waals surface area contributed by atoms with Crippen LogP contribution in [0.15, 0.2) is 24.3 Å². The van der Waals surface area contributed by atoms with Crippen molar-refractivity contribution in [2.45, 2.75) is 19.5 Å². The van der Waals surface area contributed by atoms with Crippen LogP contribution in [0.25, 0.3) is 0 Å². The number of alkyl halides is 3. The molecule has 0 unspecified atom stereocenters. The van der Waals surface area contributed by atoms with Gasteiger partial charge in [-0.1, -0.05) is 19.1 Å². The summed E-state index contributed by atoms with van der Waals surface area (Å²) in [4.78, 5) is 0. The van der Waals surface area contributed by atoms with Gasteiger partial charge < -0.3 is 10.1 Å². The molecule has 0 bridgehead atoms. The Balaban J connectivity index is 2.22. The Kier molecular flexibility index (Phi) is 5.28. The molecule has 5 heteroatoms. The van der Waals surface area contributed by atoms with Gasteiger partial charge in [-0.05, 0) is 24.1 Å². The van der Waals surface area contributed by atoms with Crippen LogP contribution in [0.5, 0.6) is 5.75 Å². The number of nitrogens with one attached hydrogen (secondary N) is 1. The molecule has 96 valence electrons. The van der Waals surface area contributed by atoms with E-state index in [2.05, 4.69) is 5.32 Å². The van der Waals surface area contributed by atoms with Crippen molar-refractivity contribution < 1.29 is 17.9 Å². The quantitative estimate of drug-likeness (QED) is 0.780. The lowest BCUT2D eigenvalue weighted by Crippen LogP contribution is -2.31. The van der Waals surface area contributed by atoms with Gasteiger partial charge in [-0.15, -0.1) is 0 Å². The van der Waals surface area contributed by atoms with Crippen LogP contribution in [-0.2, 0) is 6.42 Å². The molecule has 1 aromatic rings. The number of benzene rings is 1. The van der Waals surface area contributed by atoms with E-state index in [4.69, 9.17) is 4.74 Å². The first-order valence-electron chi connectivity index (χ1n) is 5.50. The molecule has 0 radical (unpaired) electrons. The van der Waals surface area contributed by atoms with Crippen LogP contribution in [0.2, 0.25) is 0 Å². The Labute approximate surface area is 98.8 Å². The van der Waals surface area contributed by atoms with Crippen LogP contribution >= 0.6 is 0 Å². The third kappa shape index (κ3) is 6.16. The van der Waals surface area contributed by atoms with Crippen LogP contribution in [-0.4, -0.2) is 25.9 Å². The average Bonchev–Trinajstić information content (AvgIpc) is 2.27. The van der Waals surface area contributed by atoms with Crippen LogP contribution in [0.1, 0.15) is 12.5 Å². The molecule has 2 nitrogen and oxygen atoms in total.